The number of benzene rings is 1. The first-order chi connectivity index (χ1) is 14.3. The molecule has 1 amide bonds. The summed E-state index contributed by atoms with van der Waals surface area (Å²) in [5, 5.41) is 8.85. The van der Waals surface area contributed by atoms with Crippen LogP contribution in [0.4, 0.5) is 5.69 Å². The summed E-state index contributed by atoms with van der Waals surface area (Å²) in [5.41, 5.74) is 8.04. The number of H-pyrrole nitrogens is 2. The Morgan fingerprint density at radius 3 is 2.77 bits per heavy atom. The first-order valence-corrected chi connectivity index (χ1v) is 10.9. The molecule has 6 heteroatoms. The van der Waals surface area contributed by atoms with E-state index in [0.717, 1.165) is 64.9 Å². The predicted octanol–water partition coefficient (Wildman–Crippen LogP) is 4.35. The minimum absolute atomic E-state index is 0.00547. The molecule has 1 aliphatic carbocycles. The lowest BCUT2D eigenvalue weighted by molar-refractivity contribution is -0.124. The Morgan fingerprint density at radius 1 is 1.23 bits per heavy atom. The Hall–Kier alpha value is -2.89. The molecule has 0 saturated heterocycles. The van der Waals surface area contributed by atoms with Crippen molar-refractivity contribution in [2.75, 3.05) is 11.4 Å². The second kappa shape index (κ2) is 6.56. The lowest BCUT2D eigenvalue weighted by Crippen LogP contribution is -2.39. The van der Waals surface area contributed by atoms with Gasteiger partial charge in [-0.1, -0.05) is 6.92 Å². The van der Waals surface area contributed by atoms with Gasteiger partial charge in [0.2, 0.25) is 5.91 Å². The number of carbonyl (C=O) groups excluding carboxylic acids is 2. The maximum absolute atomic E-state index is 13.2. The molecule has 1 aromatic carbocycles. The number of fused-ring (bicyclic) bond motifs is 6. The number of carbonyl (C=O) groups is 2. The van der Waals surface area contributed by atoms with Crippen LogP contribution in [0.5, 0.6) is 0 Å². The largest absolute Gasteiger partial charge is 0.353 e. The van der Waals surface area contributed by atoms with Crippen LogP contribution in [0.2, 0.25) is 0 Å². The molecule has 2 aliphatic rings. The van der Waals surface area contributed by atoms with E-state index in [0.29, 0.717) is 6.42 Å². The highest BCUT2D eigenvalue weighted by molar-refractivity contribution is 6.12. The van der Waals surface area contributed by atoms with E-state index in [1.165, 1.54) is 11.1 Å². The van der Waals surface area contributed by atoms with Gasteiger partial charge in [0.1, 0.15) is 5.69 Å². The Bertz CT molecular complexity index is 1200. The molecular weight excluding hydrogens is 376 g/mol. The molecule has 2 aromatic heterocycles. The standard InChI is InChI=1S/C24H28N4O2/c1-5-7-14(29)12-28-20-10-17-16-9-6-8-15-13(2)26-27-22(15)21(16)25-19(17)11-18(20)24(3,4)23(28)30/h10-11,25H,5-9,12H2,1-4H3,(H,26,27). The number of rotatable bonds is 4. The van der Waals surface area contributed by atoms with Crippen LogP contribution in [0.25, 0.3) is 22.3 Å². The summed E-state index contributed by atoms with van der Waals surface area (Å²) in [5.74, 6) is 0.116. The summed E-state index contributed by atoms with van der Waals surface area (Å²) in [6, 6.07) is 4.23. The van der Waals surface area contributed by atoms with Crippen LogP contribution in [0, 0.1) is 6.92 Å². The first kappa shape index (κ1) is 19.1. The summed E-state index contributed by atoms with van der Waals surface area (Å²) in [7, 11) is 0. The number of aryl methyl sites for hydroxylation is 2. The SMILES string of the molecule is CCCC(=O)CN1C(=O)C(C)(C)c2cc3[nH]c4c(c3cc21)CCCc1c-4n[nH]c1C. The van der Waals surface area contributed by atoms with Gasteiger partial charge >= 0.3 is 0 Å². The van der Waals surface area contributed by atoms with Gasteiger partial charge in [-0.2, -0.15) is 5.10 Å². The van der Waals surface area contributed by atoms with Crippen molar-refractivity contribution in [1.82, 2.24) is 15.2 Å². The molecule has 1 aliphatic heterocycles. The van der Waals surface area contributed by atoms with E-state index in [4.69, 9.17) is 0 Å². The molecule has 0 atom stereocenters. The fourth-order valence-electron chi connectivity index (χ4n) is 5.13. The van der Waals surface area contributed by atoms with Crippen LogP contribution in [0.15, 0.2) is 12.1 Å². The van der Waals surface area contributed by atoms with Crippen molar-refractivity contribution in [3.05, 3.63) is 34.5 Å². The van der Waals surface area contributed by atoms with Crippen LogP contribution in [-0.4, -0.2) is 33.4 Å². The molecule has 0 fully saturated rings. The molecule has 0 unspecified atom stereocenters. The number of nitrogens with zero attached hydrogens (tertiary/aromatic N) is 2. The van der Waals surface area contributed by atoms with Gasteiger partial charge in [-0.3, -0.25) is 14.7 Å². The van der Waals surface area contributed by atoms with Gasteiger partial charge in [0.15, 0.2) is 5.78 Å². The van der Waals surface area contributed by atoms with E-state index >= 15 is 0 Å². The lowest BCUT2D eigenvalue weighted by atomic mass is 9.85. The normalized spacial score (nSPS) is 17.1. The van der Waals surface area contributed by atoms with Crippen molar-refractivity contribution >= 4 is 28.3 Å². The number of amides is 1. The molecule has 156 valence electrons. The molecule has 3 heterocycles. The zero-order valence-electron chi connectivity index (χ0n) is 18.1. The summed E-state index contributed by atoms with van der Waals surface area (Å²) in [6.07, 6.45) is 4.34. The van der Waals surface area contributed by atoms with Gasteiger partial charge in [-0.15, -0.1) is 0 Å². The number of aromatic nitrogens is 3. The number of Topliss-reactive ketones (excluding diaryl/α,β-unsaturated/α-hetero) is 1. The topological polar surface area (TPSA) is 81.8 Å². The second-order valence-corrected chi connectivity index (χ2v) is 9.23. The van der Waals surface area contributed by atoms with Gasteiger partial charge in [0.25, 0.3) is 0 Å². The summed E-state index contributed by atoms with van der Waals surface area (Å²) < 4.78 is 0. The van der Waals surface area contributed by atoms with Crippen molar-refractivity contribution in [2.45, 2.75) is 65.2 Å². The number of ketones is 1. The highest BCUT2D eigenvalue weighted by Crippen LogP contribution is 2.46. The minimum atomic E-state index is -0.646. The number of aromatic amines is 2. The lowest BCUT2D eigenvalue weighted by Gasteiger charge is -2.19. The van der Waals surface area contributed by atoms with Crippen molar-refractivity contribution in [3.63, 3.8) is 0 Å². The molecule has 0 saturated carbocycles. The van der Waals surface area contributed by atoms with Gasteiger partial charge < -0.3 is 9.88 Å². The Kier molecular flexibility index (Phi) is 4.17. The van der Waals surface area contributed by atoms with Crippen molar-refractivity contribution in [3.8, 4) is 11.4 Å². The quantitative estimate of drug-likeness (QED) is 0.678. The van der Waals surface area contributed by atoms with Crippen molar-refractivity contribution in [1.29, 1.82) is 0 Å². The highest BCUT2D eigenvalue weighted by Gasteiger charge is 2.45. The third-order valence-electron chi connectivity index (χ3n) is 6.79. The smallest absolute Gasteiger partial charge is 0.237 e. The van der Waals surface area contributed by atoms with Crippen LogP contribution < -0.4 is 4.90 Å². The van der Waals surface area contributed by atoms with E-state index in [1.807, 2.05) is 20.8 Å². The zero-order chi connectivity index (χ0) is 21.2. The van der Waals surface area contributed by atoms with Gasteiger partial charge in [-0.25, -0.2) is 0 Å². The van der Waals surface area contributed by atoms with E-state index in [-0.39, 0.29) is 18.2 Å². The predicted molar refractivity (Wildman–Crippen MR) is 118 cm³/mol. The van der Waals surface area contributed by atoms with E-state index < -0.39 is 5.41 Å². The third-order valence-corrected chi connectivity index (χ3v) is 6.79. The first-order valence-electron chi connectivity index (χ1n) is 10.9. The minimum Gasteiger partial charge on any atom is -0.353 e. The van der Waals surface area contributed by atoms with Gasteiger partial charge in [-0.05, 0) is 69.7 Å². The maximum Gasteiger partial charge on any atom is 0.237 e. The highest BCUT2D eigenvalue weighted by atomic mass is 16.2. The second-order valence-electron chi connectivity index (χ2n) is 9.23. The Morgan fingerprint density at radius 2 is 2.00 bits per heavy atom. The number of nitrogens with one attached hydrogen (secondary N) is 2. The molecule has 3 aromatic rings. The van der Waals surface area contributed by atoms with E-state index in [2.05, 4.69) is 34.2 Å². The average molecular weight is 405 g/mol. The molecule has 0 spiro atoms. The summed E-state index contributed by atoms with van der Waals surface area (Å²) in [4.78, 5) is 30.9. The monoisotopic (exact) mass is 404 g/mol. The van der Waals surface area contributed by atoms with Crippen LogP contribution in [0.1, 0.15) is 62.4 Å². The maximum atomic E-state index is 13.2. The van der Waals surface area contributed by atoms with Crippen LogP contribution in [-0.2, 0) is 27.8 Å². The fourth-order valence-corrected chi connectivity index (χ4v) is 5.13. The van der Waals surface area contributed by atoms with Crippen molar-refractivity contribution < 1.29 is 9.59 Å². The molecule has 6 nitrogen and oxygen atoms in total. The summed E-state index contributed by atoms with van der Waals surface area (Å²) >= 11 is 0. The van der Waals surface area contributed by atoms with Crippen LogP contribution in [0.3, 0.4) is 0 Å². The molecule has 0 radical (unpaired) electrons. The number of hydrogen-bond donors (Lipinski definition) is 2. The number of anilines is 1. The molecule has 5 rings (SSSR count). The third kappa shape index (κ3) is 2.59. The Labute approximate surface area is 176 Å². The van der Waals surface area contributed by atoms with Crippen LogP contribution >= 0.6 is 0 Å². The molecule has 2 N–H and O–H groups in total. The van der Waals surface area contributed by atoms with E-state index in [9.17, 15) is 9.59 Å². The van der Waals surface area contributed by atoms with Gasteiger partial charge in [0, 0.05) is 34.3 Å². The Balaban J connectivity index is 1.69. The molecule has 30 heavy (non-hydrogen) atoms. The summed E-state index contributed by atoms with van der Waals surface area (Å²) in [6.45, 7) is 8.13. The average Bonchev–Trinajstić information content (AvgIpc) is 3.24. The molecular formula is C24H28N4O2. The molecule has 0 bridgehead atoms. The number of hydrogen-bond acceptors (Lipinski definition) is 3. The van der Waals surface area contributed by atoms with Crippen molar-refractivity contribution in [2.24, 2.45) is 0 Å². The van der Waals surface area contributed by atoms with Gasteiger partial charge in [0.05, 0.1) is 17.7 Å². The fraction of sp³-hybridized carbons (Fsp3) is 0.458. The zero-order valence-corrected chi connectivity index (χ0v) is 18.1. The van der Waals surface area contributed by atoms with E-state index in [1.54, 1.807) is 4.90 Å².